The number of nitrogens with zero attached hydrogens (tertiary/aromatic N) is 1. The molecule has 0 aromatic heterocycles. The van der Waals surface area contributed by atoms with Crippen molar-refractivity contribution in [2.45, 2.75) is 20.5 Å². The summed E-state index contributed by atoms with van der Waals surface area (Å²) in [5.74, 6) is -0.607. The monoisotopic (exact) mass is 291 g/mol. The molecule has 0 radical (unpaired) electrons. The summed E-state index contributed by atoms with van der Waals surface area (Å²) in [4.78, 5) is 0. The number of ether oxygens (including phenoxy) is 1. The highest BCUT2D eigenvalue weighted by atomic mass is 19.1. The van der Waals surface area contributed by atoms with Crippen molar-refractivity contribution >= 4 is 5.71 Å². The maximum atomic E-state index is 13.6. The Bertz CT molecular complexity index is 684. The quantitative estimate of drug-likeness (QED) is 0.524. The summed E-state index contributed by atoms with van der Waals surface area (Å²) in [6, 6.07) is 8.54. The second-order valence-corrected chi connectivity index (χ2v) is 4.71. The Morgan fingerprint density at radius 1 is 1.19 bits per heavy atom. The van der Waals surface area contributed by atoms with E-state index in [9.17, 15) is 8.78 Å². The molecule has 0 saturated carbocycles. The van der Waals surface area contributed by atoms with Gasteiger partial charge in [0.25, 0.3) is 0 Å². The number of halogens is 2. The van der Waals surface area contributed by atoms with Gasteiger partial charge in [-0.3, -0.25) is 0 Å². The van der Waals surface area contributed by atoms with Crippen molar-refractivity contribution in [2.24, 2.45) is 5.16 Å². The molecule has 1 N–H and O–H groups in total. The van der Waals surface area contributed by atoms with E-state index in [2.05, 4.69) is 5.16 Å². The second-order valence-electron chi connectivity index (χ2n) is 4.71. The van der Waals surface area contributed by atoms with Crippen LogP contribution in [0.4, 0.5) is 8.78 Å². The highest BCUT2D eigenvalue weighted by Gasteiger charge is 2.10. The fourth-order valence-corrected chi connectivity index (χ4v) is 1.92. The fraction of sp³-hybridized carbons (Fsp3) is 0.188. The highest BCUT2D eigenvalue weighted by Crippen LogP contribution is 2.23. The van der Waals surface area contributed by atoms with Crippen molar-refractivity contribution in [3.8, 4) is 5.75 Å². The lowest BCUT2D eigenvalue weighted by Gasteiger charge is -2.12. The molecule has 0 bridgehead atoms. The van der Waals surface area contributed by atoms with E-state index in [1.54, 1.807) is 19.1 Å². The molecule has 5 heteroatoms. The average Bonchev–Trinajstić information content (AvgIpc) is 2.48. The smallest absolute Gasteiger partial charge is 0.130 e. The number of rotatable bonds is 4. The lowest BCUT2D eigenvalue weighted by Crippen LogP contribution is -2.04. The summed E-state index contributed by atoms with van der Waals surface area (Å²) in [5.41, 5.74) is 2.08. The van der Waals surface area contributed by atoms with Gasteiger partial charge in [-0.05, 0) is 44.2 Å². The van der Waals surface area contributed by atoms with Crippen molar-refractivity contribution in [3.05, 3.63) is 64.7 Å². The molecule has 3 nitrogen and oxygen atoms in total. The minimum Gasteiger partial charge on any atom is -0.488 e. The summed E-state index contributed by atoms with van der Waals surface area (Å²) in [6.45, 7) is 3.41. The van der Waals surface area contributed by atoms with Crippen molar-refractivity contribution in [3.63, 3.8) is 0 Å². The van der Waals surface area contributed by atoms with Crippen LogP contribution in [0.3, 0.4) is 0 Å². The van der Waals surface area contributed by atoms with E-state index in [4.69, 9.17) is 9.94 Å². The minimum absolute atomic E-state index is 0.113. The van der Waals surface area contributed by atoms with Crippen LogP contribution in [0.15, 0.2) is 41.6 Å². The van der Waals surface area contributed by atoms with Gasteiger partial charge in [-0.2, -0.15) is 0 Å². The summed E-state index contributed by atoms with van der Waals surface area (Å²) in [5, 5.41) is 12.0. The standard InChI is InChI=1S/C16H15F2NO2/c1-10-3-6-16(14(7-10)11(2)19-20)21-9-12-8-13(17)4-5-15(12)18/h3-8,20H,9H2,1-2H3/b19-11-. The number of hydrogen-bond acceptors (Lipinski definition) is 3. The highest BCUT2D eigenvalue weighted by molar-refractivity contribution is 6.00. The first-order valence-electron chi connectivity index (χ1n) is 6.37. The lowest BCUT2D eigenvalue weighted by atomic mass is 10.1. The van der Waals surface area contributed by atoms with E-state index < -0.39 is 11.6 Å². The van der Waals surface area contributed by atoms with Crippen LogP contribution in [0.1, 0.15) is 23.6 Å². The van der Waals surface area contributed by atoms with Crippen LogP contribution < -0.4 is 4.74 Å². The van der Waals surface area contributed by atoms with E-state index in [0.717, 1.165) is 23.8 Å². The molecule has 2 aromatic carbocycles. The zero-order chi connectivity index (χ0) is 15.4. The van der Waals surface area contributed by atoms with Crippen molar-refractivity contribution in [1.29, 1.82) is 0 Å². The van der Waals surface area contributed by atoms with Gasteiger partial charge < -0.3 is 9.94 Å². The van der Waals surface area contributed by atoms with Gasteiger partial charge in [0.15, 0.2) is 0 Å². The topological polar surface area (TPSA) is 41.8 Å². The van der Waals surface area contributed by atoms with E-state index in [1.807, 2.05) is 13.0 Å². The number of aryl methyl sites for hydroxylation is 1. The molecular formula is C16H15F2NO2. The molecule has 0 aliphatic carbocycles. The second kappa shape index (κ2) is 6.35. The predicted molar refractivity (Wildman–Crippen MR) is 75.9 cm³/mol. The Kier molecular flexibility index (Phi) is 4.52. The van der Waals surface area contributed by atoms with Crippen LogP contribution >= 0.6 is 0 Å². The van der Waals surface area contributed by atoms with Gasteiger partial charge in [-0.15, -0.1) is 0 Å². The molecule has 0 saturated heterocycles. The third-order valence-electron chi connectivity index (χ3n) is 3.07. The normalized spacial score (nSPS) is 11.5. The zero-order valence-corrected chi connectivity index (χ0v) is 11.7. The maximum Gasteiger partial charge on any atom is 0.130 e. The molecule has 0 aliphatic rings. The van der Waals surface area contributed by atoms with Crippen LogP contribution in [0.5, 0.6) is 5.75 Å². The van der Waals surface area contributed by atoms with E-state index in [0.29, 0.717) is 17.0 Å². The van der Waals surface area contributed by atoms with Crippen LogP contribution in [0.2, 0.25) is 0 Å². The summed E-state index contributed by atoms with van der Waals surface area (Å²) < 4.78 is 32.2. The molecular weight excluding hydrogens is 276 g/mol. The lowest BCUT2D eigenvalue weighted by molar-refractivity contribution is 0.297. The van der Waals surface area contributed by atoms with Gasteiger partial charge in [0.2, 0.25) is 0 Å². The Morgan fingerprint density at radius 3 is 2.67 bits per heavy atom. The molecule has 0 aliphatic heterocycles. The SMILES string of the molecule is C/C(=N/O)c1cc(C)ccc1OCc1cc(F)ccc1F. The molecule has 0 atom stereocenters. The van der Waals surface area contributed by atoms with Crippen LogP contribution in [-0.2, 0) is 6.61 Å². The zero-order valence-electron chi connectivity index (χ0n) is 11.7. The Morgan fingerprint density at radius 2 is 1.95 bits per heavy atom. The molecule has 110 valence electrons. The van der Waals surface area contributed by atoms with E-state index >= 15 is 0 Å². The molecule has 0 heterocycles. The molecule has 21 heavy (non-hydrogen) atoms. The van der Waals surface area contributed by atoms with Gasteiger partial charge in [-0.25, -0.2) is 8.78 Å². The summed E-state index contributed by atoms with van der Waals surface area (Å²) in [6.07, 6.45) is 0. The Hall–Kier alpha value is -2.43. The summed E-state index contributed by atoms with van der Waals surface area (Å²) >= 11 is 0. The first kappa shape index (κ1) is 15.0. The van der Waals surface area contributed by atoms with Crippen molar-refractivity contribution in [2.75, 3.05) is 0 Å². The Balaban J connectivity index is 2.26. The predicted octanol–water partition coefficient (Wildman–Crippen LogP) is 4.05. The van der Waals surface area contributed by atoms with E-state index in [1.165, 1.54) is 0 Å². The van der Waals surface area contributed by atoms with Gasteiger partial charge in [0, 0.05) is 11.1 Å². The minimum atomic E-state index is -0.530. The third kappa shape index (κ3) is 3.56. The molecule has 0 fully saturated rings. The van der Waals surface area contributed by atoms with E-state index in [-0.39, 0.29) is 12.2 Å². The van der Waals surface area contributed by atoms with Crippen LogP contribution in [0, 0.1) is 18.6 Å². The van der Waals surface area contributed by atoms with Crippen molar-refractivity contribution in [1.82, 2.24) is 0 Å². The summed E-state index contributed by atoms with van der Waals surface area (Å²) in [7, 11) is 0. The molecule has 0 unspecified atom stereocenters. The molecule has 2 rings (SSSR count). The number of benzene rings is 2. The molecule has 0 spiro atoms. The maximum absolute atomic E-state index is 13.6. The van der Waals surface area contributed by atoms with Crippen LogP contribution in [-0.4, -0.2) is 10.9 Å². The Labute approximate surface area is 121 Å². The van der Waals surface area contributed by atoms with Crippen molar-refractivity contribution < 1.29 is 18.7 Å². The third-order valence-corrected chi connectivity index (χ3v) is 3.07. The molecule has 0 amide bonds. The largest absolute Gasteiger partial charge is 0.488 e. The first-order chi connectivity index (χ1) is 10.0. The van der Waals surface area contributed by atoms with Gasteiger partial charge in [0.05, 0.1) is 5.71 Å². The average molecular weight is 291 g/mol. The van der Waals surface area contributed by atoms with Crippen LogP contribution in [0.25, 0.3) is 0 Å². The van der Waals surface area contributed by atoms with Gasteiger partial charge in [0.1, 0.15) is 24.0 Å². The first-order valence-corrected chi connectivity index (χ1v) is 6.37. The fourth-order valence-electron chi connectivity index (χ4n) is 1.92. The number of hydrogen-bond donors (Lipinski definition) is 1. The molecule has 2 aromatic rings. The number of oxime groups is 1. The van der Waals surface area contributed by atoms with Gasteiger partial charge >= 0.3 is 0 Å². The van der Waals surface area contributed by atoms with Gasteiger partial charge in [-0.1, -0.05) is 16.8 Å².